The highest BCUT2D eigenvalue weighted by Gasteiger charge is 2.61. The number of nitrogens with one attached hydrogen (secondary N) is 1. The fourth-order valence-corrected chi connectivity index (χ4v) is 6.62. The van der Waals surface area contributed by atoms with Crippen LogP contribution in [0.25, 0.3) is 0 Å². The van der Waals surface area contributed by atoms with Gasteiger partial charge in [0.1, 0.15) is 6.10 Å². The van der Waals surface area contributed by atoms with Crippen molar-refractivity contribution in [2.24, 2.45) is 23.2 Å². The van der Waals surface area contributed by atoms with Gasteiger partial charge in [-0.05, 0) is 70.2 Å². The van der Waals surface area contributed by atoms with Crippen LogP contribution < -0.4 is 10.2 Å². The molecule has 7 heteroatoms. The predicted octanol–water partition coefficient (Wildman–Crippen LogP) is 5.39. The van der Waals surface area contributed by atoms with E-state index in [4.69, 9.17) is 9.47 Å². The molecule has 2 aliphatic carbocycles. The second-order valence-electron chi connectivity index (χ2n) is 10.5. The number of carbonyl (C=O) groups excluding carboxylic acids is 3. The average Bonchev–Trinajstić information content (AvgIpc) is 3.11. The Labute approximate surface area is 217 Å². The number of alkyl carbamates (subject to hydrolysis) is 1. The maximum Gasteiger partial charge on any atom is 0.407 e. The quantitative estimate of drug-likeness (QED) is 0.438. The summed E-state index contributed by atoms with van der Waals surface area (Å²) >= 11 is 0. The second kappa shape index (κ2) is 10.0. The Hall–Kier alpha value is -3.61. The van der Waals surface area contributed by atoms with E-state index in [0.29, 0.717) is 13.0 Å². The van der Waals surface area contributed by atoms with E-state index in [2.05, 4.69) is 5.32 Å². The van der Waals surface area contributed by atoms with Gasteiger partial charge in [0.15, 0.2) is 0 Å². The Bertz CT molecular complexity index is 1160. The first-order valence-electron chi connectivity index (χ1n) is 13.1. The van der Waals surface area contributed by atoms with Crippen LogP contribution in [0.1, 0.15) is 40.0 Å². The van der Waals surface area contributed by atoms with Crippen molar-refractivity contribution in [1.29, 1.82) is 0 Å². The number of hydrogen-bond acceptors (Lipinski definition) is 5. The minimum atomic E-state index is -0.906. The number of benzene rings is 2. The van der Waals surface area contributed by atoms with Gasteiger partial charge in [0.05, 0.1) is 17.9 Å². The van der Waals surface area contributed by atoms with Crippen LogP contribution in [0.5, 0.6) is 0 Å². The first kappa shape index (κ1) is 25.1. The normalized spacial score (nSPS) is 30.3. The van der Waals surface area contributed by atoms with Crippen molar-refractivity contribution in [2.45, 2.75) is 52.2 Å². The summed E-state index contributed by atoms with van der Waals surface area (Å²) in [6.07, 6.45) is 3.25. The molecule has 2 amide bonds. The van der Waals surface area contributed by atoms with E-state index >= 15 is 0 Å². The van der Waals surface area contributed by atoms with Crippen molar-refractivity contribution in [3.8, 4) is 0 Å². The average molecular weight is 503 g/mol. The number of nitrogens with zero attached hydrogens (tertiary/aromatic N) is 1. The minimum absolute atomic E-state index is 0.0359. The Morgan fingerprint density at radius 3 is 2.27 bits per heavy atom. The summed E-state index contributed by atoms with van der Waals surface area (Å²) < 4.78 is 10.9. The third-order valence-corrected chi connectivity index (χ3v) is 8.15. The molecule has 1 saturated carbocycles. The predicted molar refractivity (Wildman–Crippen MR) is 140 cm³/mol. The highest BCUT2D eigenvalue weighted by atomic mass is 16.6. The zero-order valence-corrected chi connectivity index (χ0v) is 21.6. The van der Waals surface area contributed by atoms with Crippen LogP contribution in [0.3, 0.4) is 0 Å². The number of fused-ring (bicyclic) bond motifs is 2. The SMILES string of the molecule is CCOC(=O)N[C@H]1CC[C@@H]2C(=C[C@@]3(C)C(=O)O[C@H](C)[C@H]3[C@H]2C(=O)N(c2ccccc2)c2ccccc2)C1. The third kappa shape index (κ3) is 4.52. The van der Waals surface area contributed by atoms with E-state index in [-0.39, 0.29) is 35.9 Å². The number of rotatable bonds is 5. The lowest BCUT2D eigenvalue weighted by Crippen LogP contribution is -2.52. The molecule has 37 heavy (non-hydrogen) atoms. The minimum Gasteiger partial charge on any atom is -0.462 e. The van der Waals surface area contributed by atoms with Gasteiger partial charge in [-0.3, -0.25) is 14.5 Å². The molecule has 0 bridgehead atoms. The van der Waals surface area contributed by atoms with E-state index in [1.165, 1.54) is 0 Å². The molecule has 2 fully saturated rings. The van der Waals surface area contributed by atoms with Crippen LogP contribution in [0.15, 0.2) is 72.3 Å². The molecule has 1 N–H and O–H groups in total. The molecule has 0 radical (unpaired) electrons. The summed E-state index contributed by atoms with van der Waals surface area (Å²) in [6.45, 7) is 5.87. The van der Waals surface area contributed by atoms with Crippen LogP contribution in [-0.4, -0.2) is 36.7 Å². The maximum atomic E-state index is 14.7. The molecule has 1 heterocycles. The maximum absolute atomic E-state index is 14.7. The number of cyclic esters (lactones) is 1. The molecule has 6 atom stereocenters. The van der Waals surface area contributed by atoms with Crippen LogP contribution in [-0.2, 0) is 19.1 Å². The first-order chi connectivity index (χ1) is 17.8. The fraction of sp³-hybridized carbons (Fsp3) is 0.433. The number of esters is 1. The van der Waals surface area contributed by atoms with Gasteiger partial charge < -0.3 is 14.8 Å². The summed E-state index contributed by atoms with van der Waals surface area (Å²) in [5.41, 5.74) is 1.70. The zero-order valence-electron chi connectivity index (χ0n) is 21.6. The smallest absolute Gasteiger partial charge is 0.407 e. The van der Waals surface area contributed by atoms with Crippen LogP contribution in [0, 0.1) is 23.2 Å². The Morgan fingerprint density at radius 2 is 1.68 bits per heavy atom. The van der Waals surface area contributed by atoms with E-state index in [0.717, 1.165) is 29.8 Å². The van der Waals surface area contributed by atoms with E-state index < -0.39 is 17.4 Å². The standard InChI is InChI=1S/C30H34N2O5/c1-4-36-29(35)31-21-15-16-24-20(17-21)18-30(3)26(19(2)37-28(30)34)25(24)27(33)32(22-11-7-5-8-12-22)23-13-9-6-10-14-23/h5-14,18-19,21,24-26H,4,15-17H2,1-3H3,(H,31,35)/t19-,21+,24-,25+,26+,30-/m1/s1. The summed E-state index contributed by atoms with van der Waals surface area (Å²) in [6, 6.07) is 19.2. The summed E-state index contributed by atoms with van der Waals surface area (Å²) in [5.74, 6) is -1.11. The van der Waals surface area contributed by atoms with Gasteiger partial charge in [-0.25, -0.2) is 4.79 Å². The Kier molecular flexibility index (Phi) is 6.80. The fourth-order valence-electron chi connectivity index (χ4n) is 6.62. The van der Waals surface area contributed by atoms with Gasteiger partial charge in [0.2, 0.25) is 5.91 Å². The van der Waals surface area contributed by atoms with Crippen molar-refractivity contribution < 1.29 is 23.9 Å². The summed E-state index contributed by atoms with van der Waals surface area (Å²) in [7, 11) is 0. The van der Waals surface area contributed by atoms with Crippen LogP contribution in [0.4, 0.5) is 16.2 Å². The zero-order chi connectivity index (χ0) is 26.2. The van der Waals surface area contributed by atoms with Gasteiger partial charge in [-0.1, -0.05) is 48.0 Å². The first-order valence-corrected chi connectivity index (χ1v) is 13.1. The summed E-state index contributed by atoms with van der Waals surface area (Å²) in [5, 5.41) is 2.95. The number of hydrogen-bond donors (Lipinski definition) is 1. The number of ether oxygens (including phenoxy) is 2. The van der Waals surface area contributed by atoms with Gasteiger partial charge in [0.25, 0.3) is 0 Å². The lowest BCUT2D eigenvalue weighted by molar-refractivity contribution is -0.146. The van der Waals surface area contributed by atoms with Crippen molar-refractivity contribution in [3.05, 3.63) is 72.3 Å². The van der Waals surface area contributed by atoms with Crippen molar-refractivity contribution in [2.75, 3.05) is 11.5 Å². The number of anilines is 2. The van der Waals surface area contributed by atoms with E-state index in [1.807, 2.05) is 80.6 Å². The van der Waals surface area contributed by atoms with Crippen molar-refractivity contribution in [3.63, 3.8) is 0 Å². The Morgan fingerprint density at radius 1 is 1.05 bits per heavy atom. The topological polar surface area (TPSA) is 84.9 Å². The third-order valence-electron chi connectivity index (χ3n) is 8.15. The molecular formula is C30H34N2O5. The molecule has 2 aromatic rings. The molecule has 0 aromatic heterocycles. The number of carbonyl (C=O) groups is 3. The number of amides is 2. The van der Waals surface area contributed by atoms with Crippen molar-refractivity contribution in [1.82, 2.24) is 5.32 Å². The van der Waals surface area contributed by atoms with Crippen molar-refractivity contribution >= 4 is 29.3 Å². The monoisotopic (exact) mass is 502 g/mol. The molecule has 0 unspecified atom stereocenters. The second-order valence-corrected chi connectivity index (χ2v) is 10.5. The Balaban J connectivity index is 1.55. The van der Waals surface area contributed by atoms with Gasteiger partial charge in [0, 0.05) is 23.3 Å². The van der Waals surface area contributed by atoms with Gasteiger partial charge in [-0.2, -0.15) is 0 Å². The molecule has 194 valence electrons. The lowest BCUT2D eigenvalue weighted by atomic mass is 9.56. The molecule has 0 spiro atoms. The highest BCUT2D eigenvalue weighted by Crippen LogP contribution is 2.56. The van der Waals surface area contributed by atoms with Crippen LogP contribution in [0.2, 0.25) is 0 Å². The molecule has 7 nitrogen and oxygen atoms in total. The largest absolute Gasteiger partial charge is 0.462 e. The molecule has 3 aliphatic rings. The molecule has 1 aliphatic heterocycles. The highest BCUT2D eigenvalue weighted by molar-refractivity contribution is 6.03. The van der Waals surface area contributed by atoms with E-state index in [9.17, 15) is 14.4 Å². The summed E-state index contributed by atoms with van der Waals surface area (Å²) in [4.78, 5) is 41.7. The molecule has 1 saturated heterocycles. The van der Waals surface area contributed by atoms with E-state index in [1.54, 1.807) is 11.8 Å². The number of para-hydroxylation sites is 2. The lowest BCUT2D eigenvalue weighted by Gasteiger charge is -2.47. The van der Waals surface area contributed by atoms with Crippen LogP contribution >= 0.6 is 0 Å². The van der Waals surface area contributed by atoms with Gasteiger partial charge in [-0.15, -0.1) is 0 Å². The molecule has 2 aromatic carbocycles. The molecule has 5 rings (SSSR count). The molecular weight excluding hydrogens is 468 g/mol. The van der Waals surface area contributed by atoms with Gasteiger partial charge >= 0.3 is 12.1 Å².